The van der Waals surface area contributed by atoms with E-state index in [1.165, 1.54) is 24.8 Å². The Labute approximate surface area is 185 Å². The number of carboxylic acids is 1. The van der Waals surface area contributed by atoms with Gasteiger partial charge in [0.05, 0.1) is 12.7 Å². The van der Waals surface area contributed by atoms with Crippen LogP contribution in [0.3, 0.4) is 0 Å². The second kappa shape index (κ2) is 8.66. The predicted octanol–water partition coefficient (Wildman–Crippen LogP) is 6.01. The number of hydrogen-bond donors (Lipinski definition) is 1. The SMILES string of the molecule is CC1(C)[C@@H]2CC[C@@]1(C)[C@@H](OCc1ccc(COc3ccc(CCC(=O)O)cc3)cc1)C2. The highest BCUT2D eigenvalue weighted by Gasteiger charge is 2.61. The molecule has 166 valence electrons. The number of fused-ring (bicyclic) bond motifs is 2. The lowest BCUT2D eigenvalue weighted by Crippen LogP contribution is -2.37. The molecule has 4 rings (SSSR count). The van der Waals surface area contributed by atoms with Gasteiger partial charge < -0.3 is 14.6 Å². The zero-order chi connectivity index (χ0) is 22.1. The highest BCUT2D eigenvalue weighted by Crippen LogP contribution is 2.66. The minimum atomic E-state index is -0.775. The van der Waals surface area contributed by atoms with Gasteiger partial charge in [-0.15, -0.1) is 0 Å². The van der Waals surface area contributed by atoms with E-state index >= 15 is 0 Å². The molecule has 2 aromatic carbocycles. The number of hydrogen-bond acceptors (Lipinski definition) is 3. The highest BCUT2D eigenvalue weighted by atomic mass is 16.5. The van der Waals surface area contributed by atoms with Gasteiger partial charge in [-0.25, -0.2) is 0 Å². The van der Waals surface area contributed by atoms with E-state index in [0.717, 1.165) is 22.8 Å². The lowest BCUT2D eigenvalue weighted by atomic mass is 9.70. The number of aliphatic carboxylic acids is 1. The van der Waals surface area contributed by atoms with Crippen molar-refractivity contribution in [3.63, 3.8) is 0 Å². The van der Waals surface area contributed by atoms with Gasteiger partial charge in [0.25, 0.3) is 0 Å². The van der Waals surface area contributed by atoms with Crippen molar-refractivity contribution < 1.29 is 19.4 Å². The smallest absolute Gasteiger partial charge is 0.303 e. The van der Waals surface area contributed by atoms with Crippen molar-refractivity contribution in [1.29, 1.82) is 0 Å². The van der Waals surface area contributed by atoms with Crippen molar-refractivity contribution in [2.24, 2.45) is 16.7 Å². The summed E-state index contributed by atoms with van der Waals surface area (Å²) >= 11 is 0. The van der Waals surface area contributed by atoms with Gasteiger partial charge in [-0.3, -0.25) is 4.79 Å². The van der Waals surface area contributed by atoms with Gasteiger partial charge in [-0.2, -0.15) is 0 Å². The summed E-state index contributed by atoms with van der Waals surface area (Å²) in [6, 6.07) is 16.1. The third kappa shape index (κ3) is 4.50. The Morgan fingerprint density at radius 1 is 0.968 bits per heavy atom. The molecule has 31 heavy (non-hydrogen) atoms. The van der Waals surface area contributed by atoms with Gasteiger partial charge in [0.2, 0.25) is 0 Å². The minimum absolute atomic E-state index is 0.147. The first kappa shape index (κ1) is 21.9. The molecule has 0 amide bonds. The maximum atomic E-state index is 10.7. The molecule has 1 N–H and O–H groups in total. The molecule has 0 unspecified atom stereocenters. The molecule has 2 bridgehead atoms. The summed E-state index contributed by atoms with van der Waals surface area (Å²) < 4.78 is 12.3. The maximum Gasteiger partial charge on any atom is 0.303 e. The molecule has 2 saturated carbocycles. The van der Waals surface area contributed by atoms with E-state index in [2.05, 4.69) is 45.0 Å². The molecule has 0 radical (unpaired) electrons. The average molecular weight is 423 g/mol. The quantitative estimate of drug-likeness (QED) is 0.537. The monoisotopic (exact) mass is 422 g/mol. The fraction of sp³-hybridized carbons (Fsp3) is 0.519. The molecule has 3 atom stereocenters. The normalized spacial score (nSPS) is 26.2. The molecule has 0 aromatic heterocycles. The Bertz CT molecular complexity index is 900. The van der Waals surface area contributed by atoms with E-state index in [-0.39, 0.29) is 6.42 Å². The molecule has 2 aliphatic carbocycles. The Balaban J connectivity index is 1.25. The van der Waals surface area contributed by atoms with Crippen LogP contribution in [-0.2, 0) is 29.2 Å². The Morgan fingerprint density at radius 3 is 2.13 bits per heavy atom. The van der Waals surface area contributed by atoms with E-state index < -0.39 is 5.97 Å². The highest BCUT2D eigenvalue weighted by molar-refractivity contribution is 5.67. The fourth-order valence-corrected chi connectivity index (χ4v) is 5.48. The number of ether oxygens (including phenoxy) is 2. The second-order valence-corrected chi connectivity index (χ2v) is 10.1. The average Bonchev–Trinajstić information content (AvgIpc) is 3.09. The Hall–Kier alpha value is -2.33. The third-order valence-corrected chi connectivity index (χ3v) is 8.14. The van der Waals surface area contributed by atoms with Gasteiger partial charge in [0.15, 0.2) is 0 Å². The first-order chi connectivity index (χ1) is 14.8. The van der Waals surface area contributed by atoms with Crippen LogP contribution in [0.2, 0.25) is 0 Å². The molecular weight excluding hydrogens is 388 g/mol. The summed E-state index contributed by atoms with van der Waals surface area (Å²) in [7, 11) is 0. The molecule has 2 aromatic rings. The molecule has 4 nitrogen and oxygen atoms in total. The molecular formula is C27H34O4. The van der Waals surface area contributed by atoms with Gasteiger partial charge in [-0.1, -0.05) is 57.2 Å². The molecule has 4 heteroatoms. The summed E-state index contributed by atoms with van der Waals surface area (Å²) in [5.74, 6) is 0.814. The van der Waals surface area contributed by atoms with Crippen LogP contribution in [0.15, 0.2) is 48.5 Å². The predicted molar refractivity (Wildman–Crippen MR) is 121 cm³/mol. The first-order valence-electron chi connectivity index (χ1n) is 11.4. The number of carbonyl (C=O) groups is 1. The van der Waals surface area contributed by atoms with Crippen LogP contribution in [0.25, 0.3) is 0 Å². The van der Waals surface area contributed by atoms with Crippen LogP contribution in [0.1, 0.15) is 63.1 Å². The second-order valence-electron chi connectivity index (χ2n) is 10.1. The van der Waals surface area contributed by atoms with Gasteiger partial charge in [-0.05, 0) is 71.3 Å². The van der Waals surface area contributed by atoms with Crippen molar-refractivity contribution in [1.82, 2.24) is 0 Å². The van der Waals surface area contributed by atoms with Crippen molar-refractivity contribution in [3.05, 3.63) is 65.2 Å². The minimum Gasteiger partial charge on any atom is -0.489 e. The maximum absolute atomic E-state index is 10.7. The first-order valence-corrected chi connectivity index (χ1v) is 11.4. The zero-order valence-corrected chi connectivity index (χ0v) is 18.9. The van der Waals surface area contributed by atoms with Gasteiger partial charge in [0.1, 0.15) is 12.4 Å². The third-order valence-electron chi connectivity index (χ3n) is 8.14. The van der Waals surface area contributed by atoms with Crippen molar-refractivity contribution in [2.75, 3.05) is 0 Å². The molecule has 2 fully saturated rings. The fourth-order valence-electron chi connectivity index (χ4n) is 5.48. The number of rotatable bonds is 9. The summed E-state index contributed by atoms with van der Waals surface area (Å²) in [6.45, 7) is 8.44. The standard InChI is InChI=1S/C27H34O4/c1-26(2)22-14-15-27(26,3)24(16-22)31-18-21-6-4-20(5-7-21)17-30-23-11-8-19(9-12-23)10-13-25(28)29/h4-9,11-12,22,24H,10,13-18H2,1-3H3,(H,28,29)/t22-,24+,27+/m1/s1. The van der Waals surface area contributed by atoms with Crippen LogP contribution in [0.5, 0.6) is 5.75 Å². The Morgan fingerprint density at radius 2 is 1.58 bits per heavy atom. The van der Waals surface area contributed by atoms with Crippen molar-refractivity contribution in [3.8, 4) is 5.75 Å². The van der Waals surface area contributed by atoms with E-state index in [1.54, 1.807) is 0 Å². The van der Waals surface area contributed by atoms with Crippen LogP contribution in [0, 0.1) is 16.7 Å². The van der Waals surface area contributed by atoms with E-state index in [1.807, 2.05) is 24.3 Å². The van der Waals surface area contributed by atoms with E-state index in [9.17, 15) is 4.79 Å². The summed E-state index contributed by atoms with van der Waals surface area (Å²) in [5.41, 5.74) is 4.01. The van der Waals surface area contributed by atoms with Crippen LogP contribution in [-0.4, -0.2) is 17.2 Å². The summed E-state index contributed by atoms with van der Waals surface area (Å²) in [5, 5.41) is 8.77. The zero-order valence-electron chi connectivity index (χ0n) is 18.9. The number of aryl methyl sites for hydroxylation is 1. The van der Waals surface area contributed by atoms with E-state index in [4.69, 9.17) is 14.6 Å². The lowest BCUT2D eigenvalue weighted by Gasteiger charge is -2.38. The molecule has 0 aliphatic heterocycles. The van der Waals surface area contributed by atoms with Crippen molar-refractivity contribution >= 4 is 5.97 Å². The Kier molecular flexibility index (Phi) is 6.11. The van der Waals surface area contributed by atoms with Crippen molar-refractivity contribution in [2.45, 2.75) is 72.2 Å². The summed E-state index contributed by atoms with van der Waals surface area (Å²) in [6.07, 6.45) is 4.88. The van der Waals surface area contributed by atoms with Gasteiger partial charge in [0, 0.05) is 6.42 Å². The molecule has 0 saturated heterocycles. The summed E-state index contributed by atoms with van der Waals surface area (Å²) in [4.78, 5) is 10.7. The molecule has 2 aliphatic rings. The molecule has 0 spiro atoms. The number of carboxylic acid groups (broad SMARTS) is 1. The molecule has 0 heterocycles. The van der Waals surface area contributed by atoms with Crippen LogP contribution in [0.4, 0.5) is 0 Å². The van der Waals surface area contributed by atoms with Crippen LogP contribution >= 0.6 is 0 Å². The topological polar surface area (TPSA) is 55.8 Å². The lowest BCUT2D eigenvalue weighted by molar-refractivity contribution is -0.136. The van der Waals surface area contributed by atoms with Crippen LogP contribution < -0.4 is 4.74 Å². The van der Waals surface area contributed by atoms with Gasteiger partial charge >= 0.3 is 5.97 Å². The largest absolute Gasteiger partial charge is 0.489 e. The van der Waals surface area contributed by atoms with E-state index in [0.29, 0.717) is 36.6 Å². The number of benzene rings is 2.